The van der Waals surface area contributed by atoms with Crippen molar-refractivity contribution in [2.24, 2.45) is 0 Å². The van der Waals surface area contributed by atoms with E-state index in [2.05, 4.69) is 136 Å². The highest BCUT2D eigenvalue weighted by atomic mass is 16.7. The molecule has 0 aromatic carbocycles. The van der Waals surface area contributed by atoms with Gasteiger partial charge < -0.3 is 39.0 Å². The lowest BCUT2D eigenvalue weighted by atomic mass is 9.98. The van der Waals surface area contributed by atoms with Crippen LogP contribution in [0.4, 0.5) is 0 Å². The van der Waals surface area contributed by atoms with Crippen LogP contribution >= 0.6 is 0 Å². The molecule has 0 amide bonds. The summed E-state index contributed by atoms with van der Waals surface area (Å²) in [6.45, 7) is 5.63. The number of carboxylic acids is 1. The van der Waals surface area contributed by atoms with E-state index < -0.39 is 67.3 Å². The Morgan fingerprint density at radius 2 is 0.844 bits per heavy atom. The minimum atomic E-state index is -1.94. The summed E-state index contributed by atoms with van der Waals surface area (Å²) in [4.78, 5) is 51.1. The standard InChI is InChI=1S/C65H100O12/c1-4-7-10-13-16-19-22-25-27-28-29-30-32-34-36-39-42-45-48-51-57(66)73-54-56(75-58(67)52-49-46-43-40-38-35-31-26-23-20-17-14-11-8-5-2)55-74-65-63(61(70)60(69)62(77-65)64(71)72)76-59(68)53-50-47-44-41-37-33-24-21-18-15-12-9-6-3/h8-9,11-12,16-21,25-27,29-31,33,37-38,40,44,47,56,60-63,65,69-70H,4-7,10,13-15,22-24,28,32,34-36,39,41-43,45-46,48-55H2,1-3H3,(H,71,72)/b11-8-,12-9-,19-16-,20-17-,21-18-,27-25-,30-29-,31-26-,37-33-,40-38-,47-44-. The van der Waals surface area contributed by atoms with Crippen molar-refractivity contribution in [3.8, 4) is 0 Å². The third kappa shape index (κ3) is 41.6. The highest BCUT2D eigenvalue weighted by Crippen LogP contribution is 2.26. The number of rotatable bonds is 47. The van der Waals surface area contributed by atoms with Gasteiger partial charge in [-0.1, -0.05) is 193 Å². The normalized spacial score (nSPS) is 19.0. The maximum atomic E-state index is 13.1. The van der Waals surface area contributed by atoms with Gasteiger partial charge in [0.25, 0.3) is 0 Å². The average molecular weight is 1070 g/mol. The molecule has 432 valence electrons. The zero-order chi connectivity index (χ0) is 56.1. The molecular formula is C65H100O12. The Balaban J connectivity index is 2.76. The van der Waals surface area contributed by atoms with Gasteiger partial charge in [0.15, 0.2) is 24.6 Å². The number of aliphatic hydroxyl groups excluding tert-OH is 2. The van der Waals surface area contributed by atoms with Crippen LogP contribution in [0, 0.1) is 0 Å². The van der Waals surface area contributed by atoms with Gasteiger partial charge >= 0.3 is 23.9 Å². The Kier molecular flexibility index (Phi) is 46.8. The molecule has 77 heavy (non-hydrogen) atoms. The van der Waals surface area contributed by atoms with Gasteiger partial charge in [0.1, 0.15) is 18.8 Å². The quantitative estimate of drug-likeness (QED) is 0.0228. The molecule has 6 unspecified atom stereocenters. The molecule has 0 radical (unpaired) electrons. The van der Waals surface area contributed by atoms with Gasteiger partial charge in [0.05, 0.1) is 6.61 Å². The van der Waals surface area contributed by atoms with Crippen LogP contribution in [0.3, 0.4) is 0 Å². The minimum absolute atomic E-state index is 0.0745. The van der Waals surface area contributed by atoms with Crippen molar-refractivity contribution >= 4 is 23.9 Å². The molecular weight excluding hydrogens is 973 g/mol. The van der Waals surface area contributed by atoms with E-state index in [-0.39, 0.29) is 25.9 Å². The molecule has 0 spiro atoms. The summed E-state index contributed by atoms with van der Waals surface area (Å²) in [7, 11) is 0. The first-order chi connectivity index (χ1) is 37.6. The third-order valence-electron chi connectivity index (χ3n) is 12.2. The van der Waals surface area contributed by atoms with E-state index in [9.17, 15) is 34.5 Å². The van der Waals surface area contributed by atoms with E-state index in [1.54, 1.807) is 0 Å². The summed E-state index contributed by atoms with van der Waals surface area (Å²) in [5, 5.41) is 31.4. The van der Waals surface area contributed by atoms with E-state index in [1.807, 2.05) is 18.2 Å². The Morgan fingerprint density at radius 1 is 0.442 bits per heavy atom. The van der Waals surface area contributed by atoms with E-state index in [0.29, 0.717) is 25.7 Å². The topological polar surface area (TPSA) is 175 Å². The molecule has 6 atom stereocenters. The summed E-state index contributed by atoms with van der Waals surface area (Å²) in [6, 6.07) is 0. The summed E-state index contributed by atoms with van der Waals surface area (Å²) >= 11 is 0. The molecule has 12 nitrogen and oxygen atoms in total. The summed E-state index contributed by atoms with van der Waals surface area (Å²) in [6.07, 6.45) is 60.1. The van der Waals surface area contributed by atoms with Gasteiger partial charge in [0, 0.05) is 19.3 Å². The first-order valence-electron chi connectivity index (χ1n) is 29.2. The highest BCUT2D eigenvalue weighted by molar-refractivity contribution is 5.74. The molecule has 1 heterocycles. The third-order valence-corrected chi connectivity index (χ3v) is 12.2. The second kappa shape index (κ2) is 51.6. The minimum Gasteiger partial charge on any atom is -0.479 e. The number of esters is 3. The van der Waals surface area contributed by atoms with Gasteiger partial charge in [-0.2, -0.15) is 0 Å². The number of carbonyl (C=O) groups excluding carboxylic acids is 3. The average Bonchev–Trinajstić information content (AvgIpc) is 3.41. The van der Waals surface area contributed by atoms with Crippen molar-refractivity contribution in [2.75, 3.05) is 13.2 Å². The Bertz CT molecular complexity index is 1850. The fourth-order valence-electron chi connectivity index (χ4n) is 7.79. The van der Waals surface area contributed by atoms with Crippen LogP contribution in [-0.4, -0.2) is 89.2 Å². The highest BCUT2D eigenvalue weighted by Gasteiger charge is 2.50. The Labute approximate surface area is 464 Å². The number of hydrogen-bond acceptors (Lipinski definition) is 11. The molecule has 1 saturated heterocycles. The molecule has 12 heteroatoms. The van der Waals surface area contributed by atoms with Crippen molar-refractivity contribution in [1.29, 1.82) is 0 Å². The monoisotopic (exact) mass is 1070 g/mol. The van der Waals surface area contributed by atoms with Crippen LogP contribution in [-0.2, 0) is 42.9 Å². The molecule has 1 rings (SSSR count). The first kappa shape index (κ1) is 69.9. The number of hydrogen-bond donors (Lipinski definition) is 3. The van der Waals surface area contributed by atoms with E-state index in [4.69, 9.17) is 23.7 Å². The molecule has 1 aliphatic heterocycles. The molecule has 0 saturated carbocycles. The largest absolute Gasteiger partial charge is 0.479 e. The van der Waals surface area contributed by atoms with E-state index >= 15 is 0 Å². The molecule has 0 aliphatic carbocycles. The van der Waals surface area contributed by atoms with Gasteiger partial charge in [-0.05, 0) is 122 Å². The lowest BCUT2D eigenvalue weighted by Crippen LogP contribution is -2.61. The summed E-state index contributed by atoms with van der Waals surface area (Å²) < 4.78 is 28.2. The molecule has 1 aliphatic rings. The maximum Gasteiger partial charge on any atom is 0.335 e. The van der Waals surface area contributed by atoms with E-state index in [0.717, 1.165) is 109 Å². The van der Waals surface area contributed by atoms with Crippen molar-refractivity contribution in [2.45, 2.75) is 237 Å². The van der Waals surface area contributed by atoms with Gasteiger partial charge in [-0.15, -0.1) is 0 Å². The predicted octanol–water partition coefficient (Wildman–Crippen LogP) is 15.0. The zero-order valence-corrected chi connectivity index (χ0v) is 47.4. The van der Waals surface area contributed by atoms with Crippen LogP contribution in [0.15, 0.2) is 134 Å². The number of aliphatic carboxylic acids is 1. The zero-order valence-electron chi connectivity index (χ0n) is 47.4. The maximum absolute atomic E-state index is 13.1. The second-order valence-electron chi connectivity index (χ2n) is 19.2. The predicted molar refractivity (Wildman–Crippen MR) is 312 cm³/mol. The molecule has 1 fully saturated rings. The molecule has 0 aromatic heterocycles. The fourth-order valence-corrected chi connectivity index (χ4v) is 7.79. The van der Waals surface area contributed by atoms with Crippen LogP contribution in [0.2, 0.25) is 0 Å². The van der Waals surface area contributed by atoms with Gasteiger partial charge in [-0.25, -0.2) is 4.79 Å². The molecule has 0 aromatic rings. The number of unbranched alkanes of at least 4 members (excludes halogenated alkanes) is 11. The van der Waals surface area contributed by atoms with E-state index in [1.165, 1.54) is 25.7 Å². The second-order valence-corrected chi connectivity index (χ2v) is 19.2. The Morgan fingerprint density at radius 3 is 1.32 bits per heavy atom. The van der Waals surface area contributed by atoms with Crippen molar-refractivity contribution in [3.63, 3.8) is 0 Å². The van der Waals surface area contributed by atoms with Gasteiger partial charge in [0.2, 0.25) is 0 Å². The van der Waals surface area contributed by atoms with Crippen LogP contribution in [0.1, 0.15) is 201 Å². The lowest BCUT2D eigenvalue weighted by Gasteiger charge is -2.40. The number of carbonyl (C=O) groups is 4. The number of allylic oxidation sites excluding steroid dienone is 22. The van der Waals surface area contributed by atoms with Gasteiger partial charge in [-0.3, -0.25) is 14.4 Å². The summed E-state index contributed by atoms with van der Waals surface area (Å²) in [5.74, 6) is -3.32. The SMILES string of the molecule is CC/C=C\C/C=C\C/C=C\C/C=C\CCCCC(=O)OC(COC(=O)CCCCCCCC/C=C\C/C=C\C/C=C\CCCCC)COC1OC(C(=O)O)C(O)C(O)C1OC(=O)CC/C=C\C/C=C\C/C=C\C/C=C\CC. The summed E-state index contributed by atoms with van der Waals surface area (Å²) in [5.41, 5.74) is 0. The number of carboxylic acid groups (broad SMARTS) is 1. The number of ether oxygens (including phenoxy) is 5. The number of aliphatic hydroxyl groups is 2. The smallest absolute Gasteiger partial charge is 0.335 e. The Hall–Kier alpha value is -5.14. The van der Waals surface area contributed by atoms with Crippen LogP contribution in [0.25, 0.3) is 0 Å². The van der Waals surface area contributed by atoms with Crippen LogP contribution < -0.4 is 0 Å². The van der Waals surface area contributed by atoms with Crippen molar-refractivity contribution in [3.05, 3.63) is 134 Å². The molecule has 0 bridgehead atoms. The molecule has 3 N–H and O–H groups in total. The van der Waals surface area contributed by atoms with Crippen molar-refractivity contribution < 1.29 is 58.2 Å². The van der Waals surface area contributed by atoms with Crippen molar-refractivity contribution in [1.82, 2.24) is 0 Å². The lowest BCUT2D eigenvalue weighted by molar-refractivity contribution is -0.301. The first-order valence-corrected chi connectivity index (χ1v) is 29.2. The van der Waals surface area contributed by atoms with Crippen LogP contribution in [0.5, 0.6) is 0 Å². The fraction of sp³-hybridized carbons (Fsp3) is 0.600.